The number of ether oxygens (including phenoxy) is 2. The fourth-order valence-electron chi connectivity index (χ4n) is 2.97. The number of benzene rings is 1. The molecule has 0 aliphatic carbocycles. The Labute approximate surface area is 164 Å². The van der Waals surface area contributed by atoms with Crippen molar-refractivity contribution in [2.75, 3.05) is 6.61 Å². The summed E-state index contributed by atoms with van der Waals surface area (Å²) in [4.78, 5) is 23.6. The highest BCUT2D eigenvalue weighted by molar-refractivity contribution is 6.02. The third kappa shape index (κ3) is 4.42. The van der Waals surface area contributed by atoms with Gasteiger partial charge in [0.2, 0.25) is 11.8 Å². The number of carboxylic acid groups (broad SMARTS) is 2. The lowest BCUT2D eigenvalue weighted by atomic mass is 9.93. The molecule has 10 nitrogen and oxygen atoms in total. The van der Waals surface area contributed by atoms with Crippen LogP contribution in [0.1, 0.15) is 17.9 Å². The second-order valence-corrected chi connectivity index (χ2v) is 6.72. The smallest absolute Gasteiger partial charge is 0.348 e. The van der Waals surface area contributed by atoms with Crippen molar-refractivity contribution in [2.24, 2.45) is 5.73 Å². The van der Waals surface area contributed by atoms with Crippen LogP contribution in [0.2, 0.25) is 0 Å². The first kappa shape index (κ1) is 20.8. The Morgan fingerprint density at radius 2 is 1.93 bits per heavy atom. The van der Waals surface area contributed by atoms with Gasteiger partial charge in [0, 0.05) is 25.3 Å². The van der Waals surface area contributed by atoms with Crippen molar-refractivity contribution in [1.82, 2.24) is 10.2 Å². The molecule has 0 spiro atoms. The van der Waals surface area contributed by atoms with Crippen LogP contribution in [0.3, 0.4) is 0 Å². The lowest BCUT2D eigenvalue weighted by Crippen LogP contribution is -2.52. The topological polar surface area (TPSA) is 158 Å². The van der Waals surface area contributed by atoms with Crippen LogP contribution in [-0.2, 0) is 25.5 Å². The first-order valence-electron chi connectivity index (χ1n) is 8.76. The van der Waals surface area contributed by atoms with Gasteiger partial charge >= 0.3 is 11.9 Å². The minimum Gasteiger partial charge on any atom is -0.479 e. The second-order valence-electron chi connectivity index (χ2n) is 6.72. The van der Waals surface area contributed by atoms with Crippen LogP contribution >= 0.6 is 0 Å². The lowest BCUT2D eigenvalue weighted by molar-refractivity contribution is -0.187. The molecule has 3 rings (SSSR count). The van der Waals surface area contributed by atoms with Gasteiger partial charge in [-0.15, -0.1) is 10.2 Å². The summed E-state index contributed by atoms with van der Waals surface area (Å²) >= 11 is 0. The zero-order valence-corrected chi connectivity index (χ0v) is 15.4. The minimum absolute atomic E-state index is 0.102. The molecule has 1 saturated heterocycles. The zero-order chi connectivity index (χ0) is 21.2. The van der Waals surface area contributed by atoms with Gasteiger partial charge in [-0.3, -0.25) is 0 Å². The van der Waals surface area contributed by atoms with Gasteiger partial charge in [0.05, 0.1) is 12.7 Å². The van der Waals surface area contributed by atoms with Crippen LogP contribution in [0.5, 0.6) is 0 Å². The van der Waals surface area contributed by atoms with Crippen molar-refractivity contribution < 1.29 is 38.1 Å². The van der Waals surface area contributed by atoms with Gasteiger partial charge < -0.3 is 29.8 Å². The van der Waals surface area contributed by atoms with E-state index in [4.69, 9.17) is 19.6 Å². The quantitative estimate of drug-likeness (QED) is 0.535. The van der Waals surface area contributed by atoms with Gasteiger partial charge in [-0.2, -0.15) is 0 Å². The molecule has 1 aromatic heterocycles. The third-order valence-corrected chi connectivity index (χ3v) is 4.58. The molecular weight excluding hydrogens is 389 g/mol. The zero-order valence-electron chi connectivity index (χ0n) is 15.4. The molecular formula is C18H20FN3O7. The summed E-state index contributed by atoms with van der Waals surface area (Å²) in [5.74, 6) is -2.69. The van der Waals surface area contributed by atoms with E-state index in [0.29, 0.717) is 17.0 Å². The largest absolute Gasteiger partial charge is 0.479 e. The van der Waals surface area contributed by atoms with Crippen molar-refractivity contribution in [1.29, 1.82) is 0 Å². The molecule has 29 heavy (non-hydrogen) atoms. The highest BCUT2D eigenvalue weighted by atomic mass is 19.1. The molecule has 0 amide bonds. The Morgan fingerprint density at radius 3 is 2.41 bits per heavy atom. The maximum absolute atomic E-state index is 13.5. The Morgan fingerprint density at radius 1 is 1.28 bits per heavy atom. The molecule has 11 heteroatoms. The van der Waals surface area contributed by atoms with E-state index < -0.39 is 49.1 Å². The number of carboxylic acids is 2. The monoisotopic (exact) mass is 409 g/mol. The van der Waals surface area contributed by atoms with Crippen LogP contribution in [0.4, 0.5) is 4.39 Å². The Hall–Kier alpha value is -2.89. The van der Waals surface area contributed by atoms with Crippen molar-refractivity contribution in [3.05, 3.63) is 35.7 Å². The highest BCUT2D eigenvalue weighted by Crippen LogP contribution is 2.26. The van der Waals surface area contributed by atoms with Gasteiger partial charge in [-0.1, -0.05) is 12.1 Å². The van der Waals surface area contributed by atoms with E-state index >= 15 is 0 Å². The Kier molecular flexibility index (Phi) is 5.91. The number of hydrogen-bond donors (Lipinski definition) is 3. The maximum atomic E-state index is 13.5. The van der Waals surface area contributed by atoms with E-state index in [1.807, 2.05) is 0 Å². The number of nitrogens with two attached hydrogens (primary N) is 1. The third-order valence-electron chi connectivity index (χ3n) is 4.58. The summed E-state index contributed by atoms with van der Waals surface area (Å²) in [6.07, 6.45) is -3.96. The van der Waals surface area contributed by atoms with Crippen LogP contribution in [-0.4, -0.2) is 63.1 Å². The molecule has 156 valence electrons. The number of rotatable bonds is 8. The van der Waals surface area contributed by atoms with Crippen molar-refractivity contribution in [3.63, 3.8) is 0 Å². The first-order chi connectivity index (χ1) is 13.7. The molecule has 0 saturated carbocycles. The molecule has 4 N–H and O–H groups in total. The molecule has 0 bridgehead atoms. The predicted octanol–water partition coefficient (Wildman–Crippen LogP) is 0.924. The van der Waals surface area contributed by atoms with E-state index in [9.17, 15) is 24.2 Å². The molecule has 1 fully saturated rings. The number of aryl methyl sites for hydroxylation is 1. The summed E-state index contributed by atoms with van der Waals surface area (Å²) in [5.41, 5.74) is 3.83. The van der Waals surface area contributed by atoms with E-state index in [1.54, 1.807) is 31.2 Å². The van der Waals surface area contributed by atoms with Crippen LogP contribution in [0.15, 0.2) is 28.7 Å². The minimum atomic E-state index is -2.57. The number of alkyl halides is 1. The molecule has 3 atom stereocenters. The molecule has 2 heterocycles. The molecule has 1 aromatic carbocycles. The molecule has 2 aromatic rings. The standard InChI is InChI=1S/C18H20FN3O7/c1-9-21-22-15(28-9)11-4-2-10(3-5-11)7-18(16(23)24,17(25)26)27-8-12-6-13(19)14(20)29-12/h2-5,12-14H,6-8,20H2,1H3,(H,23,24)(H,25,26). The summed E-state index contributed by atoms with van der Waals surface area (Å²) in [7, 11) is 0. The fourth-order valence-corrected chi connectivity index (χ4v) is 2.97. The second kappa shape index (κ2) is 8.23. The van der Waals surface area contributed by atoms with Crippen molar-refractivity contribution in [3.8, 4) is 11.5 Å². The predicted molar refractivity (Wildman–Crippen MR) is 94.5 cm³/mol. The van der Waals surface area contributed by atoms with Gasteiger partial charge in [0.25, 0.3) is 5.60 Å². The summed E-state index contributed by atoms with van der Waals surface area (Å²) in [6, 6.07) is 6.28. The maximum Gasteiger partial charge on any atom is 0.348 e. The van der Waals surface area contributed by atoms with Crippen LogP contribution in [0, 0.1) is 6.92 Å². The average Bonchev–Trinajstić information content (AvgIpc) is 3.24. The van der Waals surface area contributed by atoms with Crippen molar-refractivity contribution in [2.45, 2.75) is 43.9 Å². The summed E-state index contributed by atoms with van der Waals surface area (Å²) < 4.78 is 29.2. The number of aromatic nitrogens is 2. The SMILES string of the molecule is Cc1nnc(-c2ccc(CC(OCC3CC(F)C(N)O3)(C(=O)O)C(=O)O)cc2)o1. The number of aliphatic carboxylic acids is 2. The van der Waals surface area contributed by atoms with Gasteiger partial charge in [-0.05, 0) is 17.7 Å². The van der Waals surface area contributed by atoms with E-state index in [0.717, 1.165) is 0 Å². The fraction of sp³-hybridized carbons (Fsp3) is 0.444. The lowest BCUT2D eigenvalue weighted by Gasteiger charge is -2.26. The molecule has 1 aliphatic heterocycles. The normalized spacial score (nSPS) is 22.0. The average molecular weight is 409 g/mol. The molecule has 3 unspecified atom stereocenters. The summed E-state index contributed by atoms with van der Waals surface area (Å²) in [6.45, 7) is 1.22. The van der Waals surface area contributed by atoms with E-state index in [-0.39, 0.29) is 12.3 Å². The number of halogens is 1. The number of carbonyl (C=O) groups is 2. The first-order valence-corrected chi connectivity index (χ1v) is 8.76. The molecule has 0 radical (unpaired) electrons. The van der Waals surface area contributed by atoms with Gasteiger partial charge in [0.15, 0.2) is 0 Å². The molecule has 1 aliphatic rings. The van der Waals surface area contributed by atoms with E-state index in [2.05, 4.69) is 10.2 Å². The Balaban J connectivity index is 1.76. The number of nitrogens with zero attached hydrogens (tertiary/aromatic N) is 2. The van der Waals surface area contributed by atoms with Crippen molar-refractivity contribution >= 4 is 11.9 Å². The van der Waals surface area contributed by atoms with Gasteiger partial charge in [-0.25, -0.2) is 14.0 Å². The van der Waals surface area contributed by atoms with Gasteiger partial charge in [0.1, 0.15) is 12.4 Å². The van der Waals surface area contributed by atoms with Crippen LogP contribution in [0.25, 0.3) is 11.5 Å². The van der Waals surface area contributed by atoms with E-state index in [1.165, 1.54) is 0 Å². The summed E-state index contributed by atoms with van der Waals surface area (Å²) in [5, 5.41) is 26.8. The highest BCUT2D eigenvalue weighted by Gasteiger charge is 2.49. The Bertz CT molecular complexity index is 862. The number of hydrogen-bond acceptors (Lipinski definition) is 8. The van der Waals surface area contributed by atoms with Crippen LogP contribution < -0.4 is 5.73 Å².